The molecule has 0 fully saturated rings. The molecule has 3 aromatic rings. The van der Waals surface area contributed by atoms with E-state index in [2.05, 4.69) is 27.8 Å². The Morgan fingerprint density at radius 1 is 0.885 bits per heavy atom. The van der Waals surface area contributed by atoms with Crippen LogP contribution in [0.25, 0.3) is 0 Å². The van der Waals surface area contributed by atoms with E-state index < -0.39 is 0 Å². The molecule has 1 amide bonds. The van der Waals surface area contributed by atoms with Crippen molar-refractivity contribution in [3.8, 4) is 0 Å². The summed E-state index contributed by atoms with van der Waals surface area (Å²) in [6.45, 7) is 1.74. The molecule has 3 rings (SSSR count). The summed E-state index contributed by atoms with van der Waals surface area (Å²) in [5.74, 6) is -0.0527. The second-order valence-electron chi connectivity index (χ2n) is 6.16. The first-order valence-electron chi connectivity index (χ1n) is 8.83. The molecule has 0 radical (unpaired) electrons. The van der Waals surface area contributed by atoms with Crippen molar-refractivity contribution in [1.82, 2.24) is 10.3 Å². The van der Waals surface area contributed by atoms with Gasteiger partial charge in [-0.1, -0.05) is 48.5 Å². The molecule has 0 saturated carbocycles. The fraction of sp³-hybridized carbons (Fsp3) is 0.182. The average molecular weight is 345 g/mol. The molecular formula is C22H23N3O. The molecule has 132 valence electrons. The zero-order chi connectivity index (χ0) is 18.0. The van der Waals surface area contributed by atoms with Crippen LogP contribution in [0.15, 0.2) is 79.0 Å². The summed E-state index contributed by atoms with van der Waals surface area (Å²) < 4.78 is 0. The van der Waals surface area contributed by atoms with Crippen LogP contribution in [0.3, 0.4) is 0 Å². The minimum atomic E-state index is -0.0527. The summed E-state index contributed by atoms with van der Waals surface area (Å²) in [7, 11) is 0. The molecule has 0 aliphatic rings. The number of amides is 1. The Morgan fingerprint density at radius 3 is 2.38 bits per heavy atom. The summed E-state index contributed by atoms with van der Waals surface area (Å²) in [6, 6.07) is 23.8. The third-order valence-electron chi connectivity index (χ3n) is 4.04. The van der Waals surface area contributed by atoms with E-state index in [4.69, 9.17) is 0 Å². The van der Waals surface area contributed by atoms with Gasteiger partial charge in [-0.05, 0) is 48.4 Å². The van der Waals surface area contributed by atoms with Crippen LogP contribution in [0.1, 0.15) is 16.8 Å². The molecule has 1 aromatic heterocycles. The number of rotatable bonds is 8. The number of hydrogen-bond donors (Lipinski definition) is 2. The molecule has 2 N–H and O–H groups in total. The van der Waals surface area contributed by atoms with Crippen molar-refractivity contribution in [2.45, 2.75) is 19.4 Å². The quantitative estimate of drug-likeness (QED) is 0.614. The molecular weight excluding hydrogens is 322 g/mol. The number of carbonyl (C=O) groups is 1. The van der Waals surface area contributed by atoms with Gasteiger partial charge in [0.15, 0.2) is 0 Å². The summed E-state index contributed by atoms with van der Waals surface area (Å²) in [5, 5.41) is 6.33. The molecule has 0 saturated heterocycles. The fourth-order valence-corrected chi connectivity index (χ4v) is 2.73. The number of anilines is 1. The van der Waals surface area contributed by atoms with Crippen molar-refractivity contribution >= 4 is 11.6 Å². The fourth-order valence-electron chi connectivity index (χ4n) is 2.73. The number of pyridine rings is 1. The number of hydrogen-bond acceptors (Lipinski definition) is 3. The zero-order valence-corrected chi connectivity index (χ0v) is 14.7. The van der Waals surface area contributed by atoms with Crippen LogP contribution in [0.4, 0.5) is 5.69 Å². The smallest absolute Gasteiger partial charge is 0.230 e. The Kier molecular flexibility index (Phi) is 6.51. The van der Waals surface area contributed by atoms with Crippen molar-refractivity contribution in [2.24, 2.45) is 0 Å². The van der Waals surface area contributed by atoms with Crippen molar-refractivity contribution in [1.29, 1.82) is 0 Å². The first kappa shape index (κ1) is 17.8. The van der Waals surface area contributed by atoms with Crippen LogP contribution < -0.4 is 10.6 Å². The molecule has 0 bridgehead atoms. The highest BCUT2D eigenvalue weighted by Gasteiger charge is 2.06. The lowest BCUT2D eigenvalue weighted by Crippen LogP contribution is -2.17. The van der Waals surface area contributed by atoms with Crippen LogP contribution in [-0.2, 0) is 24.2 Å². The molecule has 2 aromatic carbocycles. The molecule has 26 heavy (non-hydrogen) atoms. The molecule has 1 heterocycles. The Balaban J connectivity index is 1.46. The molecule has 4 nitrogen and oxygen atoms in total. The van der Waals surface area contributed by atoms with E-state index in [0.717, 1.165) is 30.9 Å². The van der Waals surface area contributed by atoms with Crippen molar-refractivity contribution in [2.75, 3.05) is 11.9 Å². The maximum absolute atomic E-state index is 12.1. The van der Waals surface area contributed by atoms with Gasteiger partial charge in [0.1, 0.15) is 0 Å². The SMILES string of the molecule is O=C(Cc1cc(CCNCc2ccccc2)ccn1)Nc1ccccc1. The van der Waals surface area contributed by atoms with Gasteiger partial charge in [-0.2, -0.15) is 0 Å². The lowest BCUT2D eigenvalue weighted by Gasteiger charge is -2.07. The maximum atomic E-state index is 12.1. The number of nitrogens with one attached hydrogen (secondary N) is 2. The van der Waals surface area contributed by atoms with Gasteiger partial charge >= 0.3 is 0 Å². The molecule has 0 aliphatic carbocycles. The van der Waals surface area contributed by atoms with Crippen molar-refractivity contribution in [3.05, 3.63) is 95.8 Å². The molecule has 0 unspecified atom stereocenters. The third kappa shape index (κ3) is 5.83. The third-order valence-corrected chi connectivity index (χ3v) is 4.04. The van der Waals surface area contributed by atoms with E-state index in [1.165, 1.54) is 11.1 Å². The second kappa shape index (κ2) is 9.49. The van der Waals surface area contributed by atoms with E-state index in [-0.39, 0.29) is 12.3 Å². The van der Waals surface area contributed by atoms with E-state index >= 15 is 0 Å². The van der Waals surface area contributed by atoms with Gasteiger partial charge in [0.05, 0.1) is 6.42 Å². The van der Waals surface area contributed by atoms with Gasteiger partial charge in [-0.3, -0.25) is 9.78 Å². The minimum Gasteiger partial charge on any atom is -0.326 e. The van der Waals surface area contributed by atoms with Crippen molar-refractivity contribution in [3.63, 3.8) is 0 Å². The standard InChI is InChI=1S/C22H23N3O/c26-22(25-20-9-5-2-6-10-20)16-21-15-18(12-14-24-21)11-13-23-17-19-7-3-1-4-8-19/h1-10,12,14-15,23H,11,13,16-17H2,(H,25,26). The van der Waals surface area contributed by atoms with Crippen LogP contribution in [-0.4, -0.2) is 17.4 Å². The number of nitrogens with zero attached hydrogens (tertiary/aromatic N) is 1. The second-order valence-corrected chi connectivity index (χ2v) is 6.16. The molecule has 4 heteroatoms. The Bertz CT molecular complexity index is 819. The van der Waals surface area contributed by atoms with Gasteiger partial charge in [0, 0.05) is 24.1 Å². The minimum absolute atomic E-state index is 0.0527. The van der Waals surface area contributed by atoms with Gasteiger partial charge in [-0.25, -0.2) is 0 Å². The highest BCUT2D eigenvalue weighted by Crippen LogP contribution is 2.08. The van der Waals surface area contributed by atoms with Gasteiger partial charge < -0.3 is 10.6 Å². The normalized spacial score (nSPS) is 10.5. The number of aromatic nitrogens is 1. The summed E-state index contributed by atoms with van der Waals surface area (Å²) in [5.41, 5.74) is 4.06. The topological polar surface area (TPSA) is 54.0 Å². The lowest BCUT2D eigenvalue weighted by molar-refractivity contribution is -0.115. The first-order valence-corrected chi connectivity index (χ1v) is 8.83. The van der Waals surface area contributed by atoms with Crippen molar-refractivity contribution < 1.29 is 4.79 Å². The molecule has 0 aliphatic heterocycles. The van der Waals surface area contributed by atoms with E-state index in [9.17, 15) is 4.79 Å². The largest absolute Gasteiger partial charge is 0.326 e. The Morgan fingerprint density at radius 2 is 1.62 bits per heavy atom. The Hall–Kier alpha value is -2.98. The van der Waals surface area contributed by atoms with Crippen LogP contribution in [0.2, 0.25) is 0 Å². The van der Waals surface area contributed by atoms with Crippen LogP contribution in [0, 0.1) is 0 Å². The number of para-hydroxylation sites is 1. The summed E-state index contributed by atoms with van der Waals surface area (Å²) >= 11 is 0. The predicted molar refractivity (Wildman–Crippen MR) is 105 cm³/mol. The summed E-state index contributed by atoms with van der Waals surface area (Å²) in [6.07, 6.45) is 2.96. The van der Waals surface area contributed by atoms with Crippen LogP contribution >= 0.6 is 0 Å². The highest BCUT2D eigenvalue weighted by molar-refractivity contribution is 5.91. The van der Waals surface area contributed by atoms with E-state index in [1.54, 1.807) is 6.20 Å². The van der Waals surface area contributed by atoms with Gasteiger partial charge in [0.2, 0.25) is 5.91 Å². The summed E-state index contributed by atoms with van der Waals surface area (Å²) in [4.78, 5) is 16.5. The van der Waals surface area contributed by atoms with E-state index in [0.29, 0.717) is 0 Å². The zero-order valence-electron chi connectivity index (χ0n) is 14.7. The highest BCUT2D eigenvalue weighted by atomic mass is 16.1. The molecule has 0 atom stereocenters. The van der Waals surface area contributed by atoms with Gasteiger partial charge in [-0.15, -0.1) is 0 Å². The van der Waals surface area contributed by atoms with Gasteiger partial charge in [0.25, 0.3) is 0 Å². The average Bonchev–Trinajstić information content (AvgIpc) is 2.67. The Labute approximate surface area is 154 Å². The number of carbonyl (C=O) groups excluding carboxylic acids is 1. The lowest BCUT2D eigenvalue weighted by atomic mass is 10.1. The van der Waals surface area contributed by atoms with Crippen LogP contribution in [0.5, 0.6) is 0 Å². The maximum Gasteiger partial charge on any atom is 0.230 e. The molecule has 0 spiro atoms. The number of benzene rings is 2. The van der Waals surface area contributed by atoms with E-state index in [1.807, 2.05) is 60.7 Å². The predicted octanol–water partition coefficient (Wildman–Crippen LogP) is 3.60. The first-order chi connectivity index (χ1) is 12.8. The monoisotopic (exact) mass is 345 g/mol.